The Bertz CT molecular complexity index is 120. The molecule has 0 spiro atoms. The molecule has 0 saturated heterocycles. The molecule has 0 bridgehead atoms. The molecule has 0 aliphatic rings. The summed E-state index contributed by atoms with van der Waals surface area (Å²) in [5, 5.41) is 8.43. The molecule has 0 aromatic rings. The van der Waals surface area contributed by atoms with Gasteiger partial charge in [-0.05, 0) is 31.5 Å². The van der Waals surface area contributed by atoms with E-state index < -0.39 is 0 Å². The SMILES string of the molecule is CCN(CC#N)CCCSC. The van der Waals surface area contributed by atoms with E-state index in [0.29, 0.717) is 6.54 Å². The van der Waals surface area contributed by atoms with Crippen molar-refractivity contribution in [1.82, 2.24) is 4.90 Å². The second-order valence-electron chi connectivity index (χ2n) is 2.37. The zero-order chi connectivity index (χ0) is 8.53. The summed E-state index contributed by atoms with van der Waals surface area (Å²) in [4.78, 5) is 2.16. The molecule has 0 saturated carbocycles. The largest absolute Gasteiger partial charge is 0.291 e. The molecule has 2 nitrogen and oxygen atoms in total. The van der Waals surface area contributed by atoms with Gasteiger partial charge in [-0.15, -0.1) is 0 Å². The fourth-order valence-electron chi connectivity index (χ4n) is 0.881. The van der Waals surface area contributed by atoms with E-state index in [0.717, 1.165) is 13.1 Å². The molecule has 0 aliphatic carbocycles. The Hall–Kier alpha value is -0.200. The second kappa shape index (κ2) is 7.90. The lowest BCUT2D eigenvalue weighted by Crippen LogP contribution is -2.25. The molecule has 0 N–H and O–H groups in total. The van der Waals surface area contributed by atoms with Crippen LogP contribution in [0.15, 0.2) is 0 Å². The van der Waals surface area contributed by atoms with Crippen LogP contribution >= 0.6 is 11.8 Å². The summed E-state index contributed by atoms with van der Waals surface area (Å²) in [7, 11) is 0. The van der Waals surface area contributed by atoms with Gasteiger partial charge in [0, 0.05) is 0 Å². The zero-order valence-electron chi connectivity index (χ0n) is 7.34. The van der Waals surface area contributed by atoms with Crippen molar-refractivity contribution in [2.75, 3.05) is 31.6 Å². The van der Waals surface area contributed by atoms with Crippen LogP contribution in [0.2, 0.25) is 0 Å². The van der Waals surface area contributed by atoms with E-state index in [9.17, 15) is 0 Å². The van der Waals surface area contributed by atoms with Crippen LogP contribution in [-0.4, -0.2) is 36.5 Å². The molecule has 64 valence electrons. The predicted octanol–water partition coefficient (Wildman–Crippen LogP) is 1.58. The van der Waals surface area contributed by atoms with Crippen molar-refractivity contribution in [3.63, 3.8) is 0 Å². The van der Waals surface area contributed by atoms with Gasteiger partial charge >= 0.3 is 0 Å². The van der Waals surface area contributed by atoms with Crippen molar-refractivity contribution in [3.05, 3.63) is 0 Å². The molecule has 0 rings (SSSR count). The predicted molar refractivity (Wildman–Crippen MR) is 50.7 cm³/mol. The van der Waals surface area contributed by atoms with Gasteiger partial charge in [-0.3, -0.25) is 4.90 Å². The van der Waals surface area contributed by atoms with Crippen LogP contribution < -0.4 is 0 Å². The highest BCUT2D eigenvalue weighted by Crippen LogP contribution is 1.97. The van der Waals surface area contributed by atoms with Gasteiger partial charge in [0.25, 0.3) is 0 Å². The number of rotatable bonds is 6. The minimum absolute atomic E-state index is 0.574. The Morgan fingerprint density at radius 3 is 2.73 bits per heavy atom. The van der Waals surface area contributed by atoms with Gasteiger partial charge in [0.2, 0.25) is 0 Å². The maximum atomic E-state index is 8.43. The first-order chi connectivity index (χ1) is 5.35. The van der Waals surface area contributed by atoms with Crippen LogP contribution in [0, 0.1) is 11.3 Å². The van der Waals surface area contributed by atoms with E-state index in [2.05, 4.69) is 24.1 Å². The van der Waals surface area contributed by atoms with Crippen molar-refractivity contribution in [2.45, 2.75) is 13.3 Å². The van der Waals surface area contributed by atoms with Crippen molar-refractivity contribution in [2.24, 2.45) is 0 Å². The lowest BCUT2D eigenvalue weighted by molar-refractivity contribution is 0.324. The van der Waals surface area contributed by atoms with Crippen LogP contribution in [0.3, 0.4) is 0 Å². The molecular formula is C8H16N2S. The highest BCUT2D eigenvalue weighted by atomic mass is 32.2. The van der Waals surface area contributed by atoms with Gasteiger partial charge in [0.1, 0.15) is 0 Å². The summed E-state index contributed by atoms with van der Waals surface area (Å²) >= 11 is 1.86. The molecular weight excluding hydrogens is 156 g/mol. The molecule has 0 amide bonds. The molecule has 0 atom stereocenters. The molecule has 0 aromatic carbocycles. The molecule has 0 aliphatic heterocycles. The van der Waals surface area contributed by atoms with Gasteiger partial charge in [-0.25, -0.2) is 0 Å². The van der Waals surface area contributed by atoms with E-state index in [1.54, 1.807) is 0 Å². The molecule has 3 heteroatoms. The number of hydrogen-bond donors (Lipinski definition) is 0. The monoisotopic (exact) mass is 172 g/mol. The maximum absolute atomic E-state index is 8.43. The molecule has 11 heavy (non-hydrogen) atoms. The number of nitriles is 1. The third-order valence-corrected chi connectivity index (χ3v) is 2.26. The zero-order valence-corrected chi connectivity index (χ0v) is 8.15. The fourth-order valence-corrected chi connectivity index (χ4v) is 1.30. The molecule has 0 heterocycles. The van der Waals surface area contributed by atoms with Crippen molar-refractivity contribution in [3.8, 4) is 6.07 Å². The highest BCUT2D eigenvalue weighted by Gasteiger charge is 1.98. The average Bonchev–Trinajstić information content (AvgIpc) is 2.03. The fraction of sp³-hybridized carbons (Fsp3) is 0.875. The summed E-state index contributed by atoms with van der Waals surface area (Å²) in [6.07, 6.45) is 3.30. The number of nitrogens with zero attached hydrogens (tertiary/aromatic N) is 2. The molecule has 0 radical (unpaired) electrons. The first-order valence-corrected chi connectivity index (χ1v) is 5.32. The Morgan fingerprint density at radius 1 is 1.55 bits per heavy atom. The van der Waals surface area contributed by atoms with Crippen LogP contribution in [0.25, 0.3) is 0 Å². The first kappa shape index (κ1) is 10.8. The van der Waals surface area contributed by atoms with Crippen LogP contribution in [0.5, 0.6) is 0 Å². The minimum Gasteiger partial charge on any atom is -0.291 e. The number of thioether (sulfide) groups is 1. The van der Waals surface area contributed by atoms with Gasteiger partial charge in [0.15, 0.2) is 0 Å². The first-order valence-electron chi connectivity index (χ1n) is 3.93. The Kier molecular flexibility index (Phi) is 7.76. The van der Waals surface area contributed by atoms with Gasteiger partial charge in [-0.1, -0.05) is 6.92 Å². The lowest BCUT2D eigenvalue weighted by atomic mass is 10.4. The van der Waals surface area contributed by atoms with Crippen LogP contribution in [0.4, 0.5) is 0 Å². The van der Waals surface area contributed by atoms with Gasteiger partial charge < -0.3 is 0 Å². The summed E-state index contributed by atoms with van der Waals surface area (Å²) < 4.78 is 0. The number of hydrogen-bond acceptors (Lipinski definition) is 3. The van der Waals surface area contributed by atoms with E-state index in [-0.39, 0.29) is 0 Å². The van der Waals surface area contributed by atoms with Crippen molar-refractivity contribution < 1.29 is 0 Å². The standard InChI is InChI=1S/C8H16N2S/c1-3-10(7-5-9)6-4-8-11-2/h3-4,6-8H2,1-2H3. The normalized spacial score (nSPS) is 10.0. The summed E-state index contributed by atoms with van der Waals surface area (Å²) in [5.74, 6) is 1.20. The third-order valence-electron chi connectivity index (χ3n) is 1.56. The quantitative estimate of drug-likeness (QED) is 0.449. The lowest BCUT2D eigenvalue weighted by Gasteiger charge is -2.15. The Labute approximate surface area is 73.6 Å². The molecule has 0 fully saturated rings. The van der Waals surface area contributed by atoms with E-state index in [4.69, 9.17) is 5.26 Å². The van der Waals surface area contributed by atoms with Crippen molar-refractivity contribution in [1.29, 1.82) is 5.26 Å². The smallest absolute Gasteiger partial charge is 0.0865 e. The molecule has 0 unspecified atom stereocenters. The third kappa shape index (κ3) is 6.21. The van der Waals surface area contributed by atoms with Gasteiger partial charge in [0.05, 0.1) is 12.6 Å². The van der Waals surface area contributed by atoms with E-state index in [1.165, 1.54) is 12.2 Å². The van der Waals surface area contributed by atoms with E-state index >= 15 is 0 Å². The maximum Gasteiger partial charge on any atom is 0.0865 e. The average molecular weight is 172 g/mol. The van der Waals surface area contributed by atoms with Gasteiger partial charge in [-0.2, -0.15) is 17.0 Å². The summed E-state index contributed by atoms with van der Waals surface area (Å²) in [5.41, 5.74) is 0. The Morgan fingerprint density at radius 2 is 2.27 bits per heavy atom. The topological polar surface area (TPSA) is 27.0 Å². The second-order valence-corrected chi connectivity index (χ2v) is 3.36. The molecule has 0 aromatic heterocycles. The minimum atomic E-state index is 0.574. The summed E-state index contributed by atoms with van der Waals surface area (Å²) in [6.45, 7) is 4.72. The van der Waals surface area contributed by atoms with Crippen molar-refractivity contribution >= 4 is 11.8 Å². The highest BCUT2D eigenvalue weighted by molar-refractivity contribution is 7.98. The van der Waals surface area contributed by atoms with Crippen LogP contribution in [-0.2, 0) is 0 Å². The van der Waals surface area contributed by atoms with Crippen LogP contribution in [0.1, 0.15) is 13.3 Å². The van der Waals surface area contributed by atoms with E-state index in [1.807, 2.05) is 11.8 Å². The summed E-state index contributed by atoms with van der Waals surface area (Å²) in [6, 6.07) is 2.16. The Balaban J connectivity index is 3.30.